The number of nitrogens with zero attached hydrogens (tertiary/aromatic N) is 5. The number of urea groups is 1. The van der Waals surface area contributed by atoms with Gasteiger partial charge in [0.2, 0.25) is 0 Å². The van der Waals surface area contributed by atoms with Crippen molar-refractivity contribution in [3.8, 4) is 0 Å². The van der Waals surface area contributed by atoms with E-state index in [2.05, 4.69) is 24.0 Å². The molecule has 0 saturated carbocycles. The second-order valence-corrected chi connectivity index (χ2v) is 5.95. The number of hydrogen-bond acceptors (Lipinski definition) is 3. The van der Waals surface area contributed by atoms with E-state index in [0.717, 1.165) is 29.3 Å². The van der Waals surface area contributed by atoms with Crippen LogP contribution in [-0.4, -0.2) is 39.4 Å². The van der Waals surface area contributed by atoms with E-state index in [9.17, 15) is 4.79 Å². The van der Waals surface area contributed by atoms with Crippen molar-refractivity contribution in [1.29, 1.82) is 0 Å². The number of hydrogen-bond donors (Lipinski definition) is 0. The molecule has 0 fully saturated rings. The second kappa shape index (κ2) is 5.22. The van der Waals surface area contributed by atoms with Gasteiger partial charge in [-0.05, 0) is 12.0 Å². The maximum atomic E-state index is 12.9. The highest BCUT2D eigenvalue weighted by Crippen LogP contribution is 2.35. The van der Waals surface area contributed by atoms with Crippen molar-refractivity contribution in [3.63, 3.8) is 0 Å². The number of carbonyl (C=O) groups excluding carboxylic acids is 1. The van der Waals surface area contributed by atoms with Crippen LogP contribution in [0.25, 0.3) is 0 Å². The Labute approximate surface area is 135 Å². The predicted octanol–water partition coefficient (Wildman–Crippen LogP) is 2.57. The SMILES string of the molecule is CCCN1C(=O)N2CC(c3ccccc3)N=C2c2c1ncn2C. The van der Waals surface area contributed by atoms with E-state index in [0.29, 0.717) is 13.1 Å². The first-order valence-electron chi connectivity index (χ1n) is 7.94. The van der Waals surface area contributed by atoms with Crippen LogP contribution in [0.2, 0.25) is 0 Å². The lowest BCUT2D eigenvalue weighted by atomic mass is 10.1. The summed E-state index contributed by atoms with van der Waals surface area (Å²) < 4.78 is 1.95. The lowest BCUT2D eigenvalue weighted by molar-refractivity contribution is 0.227. The van der Waals surface area contributed by atoms with Crippen molar-refractivity contribution in [2.75, 3.05) is 18.0 Å². The minimum Gasteiger partial charge on any atom is -0.329 e. The molecule has 0 saturated heterocycles. The first kappa shape index (κ1) is 14.0. The molecule has 0 radical (unpaired) electrons. The monoisotopic (exact) mass is 309 g/mol. The van der Waals surface area contributed by atoms with Crippen LogP contribution < -0.4 is 4.90 Å². The summed E-state index contributed by atoms with van der Waals surface area (Å²) >= 11 is 0. The van der Waals surface area contributed by atoms with E-state index in [1.54, 1.807) is 16.1 Å². The molecule has 1 unspecified atom stereocenters. The molecule has 1 atom stereocenters. The average Bonchev–Trinajstić information content (AvgIpc) is 3.16. The lowest BCUT2D eigenvalue weighted by Gasteiger charge is -2.32. The molecule has 1 aromatic heterocycles. The molecule has 23 heavy (non-hydrogen) atoms. The number of carbonyl (C=O) groups is 1. The molecule has 0 spiro atoms. The molecule has 6 heteroatoms. The van der Waals surface area contributed by atoms with Gasteiger partial charge in [0.15, 0.2) is 11.7 Å². The number of aliphatic imine (C=N–C) groups is 1. The summed E-state index contributed by atoms with van der Waals surface area (Å²) in [6, 6.07) is 10.1. The van der Waals surface area contributed by atoms with Gasteiger partial charge in [-0.15, -0.1) is 0 Å². The largest absolute Gasteiger partial charge is 0.331 e. The molecule has 2 aliphatic heterocycles. The summed E-state index contributed by atoms with van der Waals surface area (Å²) in [4.78, 5) is 25.7. The molecule has 1 aromatic carbocycles. The van der Waals surface area contributed by atoms with Crippen LogP contribution in [0.15, 0.2) is 41.7 Å². The van der Waals surface area contributed by atoms with Gasteiger partial charge in [0, 0.05) is 13.6 Å². The van der Waals surface area contributed by atoms with E-state index >= 15 is 0 Å². The predicted molar refractivity (Wildman–Crippen MR) is 88.7 cm³/mol. The van der Waals surface area contributed by atoms with Crippen molar-refractivity contribution < 1.29 is 4.79 Å². The summed E-state index contributed by atoms with van der Waals surface area (Å²) in [6.07, 6.45) is 2.65. The van der Waals surface area contributed by atoms with Gasteiger partial charge in [-0.3, -0.25) is 14.8 Å². The van der Waals surface area contributed by atoms with Crippen LogP contribution in [0, 0.1) is 0 Å². The van der Waals surface area contributed by atoms with Crippen LogP contribution in [0.4, 0.5) is 10.6 Å². The highest BCUT2D eigenvalue weighted by atomic mass is 16.2. The molecular weight excluding hydrogens is 290 g/mol. The van der Waals surface area contributed by atoms with E-state index in [1.165, 1.54) is 0 Å². The normalized spacial score (nSPS) is 19.7. The van der Waals surface area contributed by atoms with Gasteiger partial charge in [0.1, 0.15) is 5.69 Å². The molecule has 2 amide bonds. The number of aryl methyl sites for hydroxylation is 1. The van der Waals surface area contributed by atoms with Gasteiger partial charge in [-0.25, -0.2) is 9.78 Å². The second-order valence-electron chi connectivity index (χ2n) is 5.95. The molecule has 2 aromatic rings. The first-order valence-corrected chi connectivity index (χ1v) is 7.94. The molecule has 2 aliphatic rings. The maximum absolute atomic E-state index is 12.9. The molecule has 0 N–H and O–H groups in total. The van der Waals surface area contributed by atoms with E-state index in [1.807, 2.05) is 29.8 Å². The molecule has 3 heterocycles. The number of amidine groups is 1. The lowest BCUT2D eigenvalue weighted by Crippen LogP contribution is -2.50. The molecule has 6 nitrogen and oxygen atoms in total. The fraction of sp³-hybridized carbons (Fsp3) is 0.353. The van der Waals surface area contributed by atoms with Gasteiger partial charge in [0.05, 0.1) is 18.9 Å². The number of imidazole rings is 1. The third-order valence-corrected chi connectivity index (χ3v) is 4.37. The van der Waals surface area contributed by atoms with E-state index in [-0.39, 0.29) is 12.1 Å². The Kier molecular flexibility index (Phi) is 3.18. The first-order chi connectivity index (χ1) is 11.2. The van der Waals surface area contributed by atoms with Crippen molar-refractivity contribution in [1.82, 2.24) is 14.5 Å². The third-order valence-electron chi connectivity index (χ3n) is 4.37. The summed E-state index contributed by atoms with van der Waals surface area (Å²) in [7, 11) is 1.95. The van der Waals surface area contributed by atoms with E-state index in [4.69, 9.17) is 4.99 Å². The Morgan fingerprint density at radius 1 is 1.26 bits per heavy atom. The highest BCUT2D eigenvalue weighted by molar-refractivity contribution is 6.18. The molecular formula is C17H19N5O. The minimum absolute atomic E-state index is 0.0144. The van der Waals surface area contributed by atoms with Gasteiger partial charge in [-0.2, -0.15) is 0 Å². The zero-order chi connectivity index (χ0) is 16.0. The summed E-state index contributed by atoms with van der Waals surface area (Å²) in [5.74, 6) is 1.47. The number of aromatic nitrogens is 2. The van der Waals surface area contributed by atoms with Crippen LogP contribution in [0.5, 0.6) is 0 Å². The molecule has 0 aliphatic carbocycles. The fourth-order valence-electron chi connectivity index (χ4n) is 3.26. The third kappa shape index (κ3) is 2.05. The number of amides is 2. The van der Waals surface area contributed by atoms with Crippen molar-refractivity contribution in [3.05, 3.63) is 47.9 Å². The quantitative estimate of drug-likeness (QED) is 0.875. The zero-order valence-electron chi connectivity index (χ0n) is 13.3. The zero-order valence-corrected chi connectivity index (χ0v) is 13.3. The van der Waals surface area contributed by atoms with Gasteiger partial charge >= 0.3 is 6.03 Å². The van der Waals surface area contributed by atoms with Crippen molar-refractivity contribution in [2.45, 2.75) is 19.4 Å². The Hall–Kier alpha value is -2.63. The standard InChI is InChI=1S/C17H19N5O/c1-3-9-21-15-14(20(2)11-18-15)16-19-13(10-22(16)17(21)23)12-7-5-4-6-8-12/h4-8,11,13H,3,9-10H2,1-2H3. The summed E-state index contributed by atoms with van der Waals surface area (Å²) in [6.45, 7) is 3.32. The van der Waals surface area contributed by atoms with Gasteiger partial charge in [0.25, 0.3) is 0 Å². The number of fused-ring (bicyclic) bond motifs is 3. The van der Waals surface area contributed by atoms with Gasteiger partial charge in [-0.1, -0.05) is 37.3 Å². The van der Waals surface area contributed by atoms with Crippen LogP contribution >= 0.6 is 0 Å². The number of anilines is 1. The number of rotatable bonds is 3. The Bertz CT molecular complexity index is 780. The highest BCUT2D eigenvalue weighted by Gasteiger charge is 2.42. The fourth-order valence-corrected chi connectivity index (χ4v) is 3.26. The molecule has 4 rings (SSSR count). The van der Waals surface area contributed by atoms with Gasteiger partial charge < -0.3 is 4.57 Å². The Morgan fingerprint density at radius 2 is 2.04 bits per heavy atom. The van der Waals surface area contributed by atoms with Crippen molar-refractivity contribution >= 4 is 17.7 Å². The van der Waals surface area contributed by atoms with E-state index < -0.39 is 0 Å². The van der Waals surface area contributed by atoms with Crippen molar-refractivity contribution in [2.24, 2.45) is 12.0 Å². The maximum Gasteiger partial charge on any atom is 0.331 e. The number of benzene rings is 1. The topological polar surface area (TPSA) is 53.7 Å². The molecule has 0 bridgehead atoms. The Morgan fingerprint density at radius 3 is 2.78 bits per heavy atom. The average molecular weight is 309 g/mol. The summed E-state index contributed by atoms with van der Waals surface area (Å²) in [5, 5.41) is 0. The van der Waals surface area contributed by atoms with Crippen LogP contribution in [-0.2, 0) is 7.05 Å². The van der Waals surface area contributed by atoms with Crippen LogP contribution in [0.1, 0.15) is 30.6 Å². The Balaban J connectivity index is 1.79. The minimum atomic E-state index is -0.0183. The molecule has 118 valence electrons. The summed E-state index contributed by atoms with van der Waals surface area (Å²) in [5.41, 5.74) is 2.06. The smallest absolute Gasteiger partial charge is 0.329 e. The van der Waals surface area contributed by atoms with Crippen LogP contribution in [0.3, 0.4) is 0 Å².